The number of carbonyl (C=O) groups is 3. The van der Waals surface area contributed by atoms with E-state index >= 15 is 8.78 Å². The molecule has 0 saturated carbocycles. The second-order valence-corrected chi connectivity index (χ2v) is 22.5. The zero-order valence-corrected chi connectivity index (χ0v) is 45.6. The van der Waals surface area contributed by atoms with E-state index in [2.05, 4.69) is 38.0 Å². The highest BCUT2D eigenvalue weighted by molar-refractivity contribution is 6.03. The maximum Gasteiger partial charge on any atom is 0.343 e. The number of cyclic esters (lactones) is 1. The molecule has 2 unspecified atom stereocenters. The van der Waals surface area contributed by atoms with Crippen LogP contribution < -0.4 is 30.6 Å². The summed E-state index contributed by atoms with van der Waals surface area (Å²) < 4.78 is 67.0. The van der Waals surface area contributed by atoms with Gasteiger partial charge in [-0.1, -0.05) is 25.5 Å². The van der Waals surface area contributed by atoms with E-state index in [4.69, 9.17) is 30.6 Å². The van der Waals surface area contributed by atoms with Gasteiger partial charge in [-0.25, -0.2) is 27.7 Å². The van der Waals surface area contributed by atoms with Gasteiger partial charge < -0.3 is 54.5 Å². The second-order valence-electron chi connectivity index (χ2n) is 22.5. The van der Waals surface area contributed by atoms with Gasteiger partial charge in [-0.3, -0.25) is 19.5 Å². The number of nitrogens with zero attached hydrogens (tertiary/aromatic N) is 8. The van der Waals surface area contributed by atoms with Crippen molar-refractivity contribution in [3.8, 4) is 52.5 Å². The summed E-state index contributed by atoms with van der Waals surface area (Å²) in [6.07, 6.45) is 9.25. The predicted molar refractivity (Wildman–Crippen MR) is 301 cm³/mol. The number of benzene rings is 3. The Hall–Kier alpha value is -8.85. The Labute approximate surface area is 477 Å². The molecule has 4 aromatic heterocycles. The van der Waals surface area contributed by atoms with E-state index in [1.807, 2.05) is 4.90 Å². The number of pyridine rings is 3. The van der Waals surface area contributed by atoms with Gasteiger partial charge in [-0.2, -0.15) is 9.97 Å². The number of ether oxygens (including phenoxy) is 3. The molecule has 3 amide bonds. The van der Waals surface area contributed by atoms with E-state index in [1.54, 1.807) is 36.1 Å². The number of alkyl halides is 1. The molecule has 5 N–H and O–H groups in total. The monoisotopic (exact) mass is 1150 g/mol. The first kappa shape index (κ1) is 54.4. The number of esters is 1. The van der Waals surface area contributed by atoms with Crippen LogP contribution in [-0.4, -0.2) is 144 Å². The van der Waals surface area contributed by atoms with Crippen LogP contribution in [-0.2, 0) is 39.6 Å². The van der Waals surface area contributed by atoms with Gasteiger partial charge in [0.25, 0.3) is 11.5 Å². The van der Waals surface area contributed by atoms with E-state index in [-0.39, 0.29) is 158 Å². The van der Waals surface area contributed by atoms with Crippen molar-refractivity contribution in [2.24, 2.45) is 0 Å². The van der Waals surface area contributed by atoms with Crippen molar-refractivity contribution in [1.29, 1.82) is 0 Å². The van der Waals surface area contributed by atoms with E-state index < -0.39 is 46.5 Å². The zero-order valence-electron chi connectivity index (χ0n) is 45.6. The standard InChI is InChI=1S/C61H57F3N10O10/c1-4-38-46(63)11-7-32-17-36(76)18-40(49(32)38)52-50(64)53-42(23-66-52)54(70-59(69-53)84-30-60-13-6-15-72(60)24-33(62)21-60)71-25-34-8-9-35(26-71)74(34)55(77)31(3)28-82-37-10-12-47-39(19-37)41(22-67-58(80)65-14-16-75)43-27-73-48(51(43)68-47)20-45-44(56(73)78)29-83-57(79)61(45,81)5-2/h1,7,10-12,17-20,23,33-35,75-76,81H,3,5-6,8-9,13-16,21-22,24-30H2,2H3,(H2,65,67,80)/t33-,34?,35?,60+,61+/m1/s1. The number of aliphatic hydroxyl groups excluding tert-OH is 1. The van der Waals surface area contributed by atoms with Crippen LogP contribution >= 0.6 is 0 Å². The smallest absolute Gasteiger partial charge is 0.343 e. The SMILES string of the molecule is C#Cc1c(F)ccc2cc(O)cc(-c3ncc4c(N5CC6CCC(C5)N6C(=O)C(=C)COc5ccc6nc7c(c(CNC(=O)NCCO)c6c5)Cn5c-7cc6c(c5=O)COC(=O)[C@]6(O)CC)nc(OC[C@@]56CCCN5C[C@H](F)C6)nc4c3F)c12. The minimum Gasteiger partial charge on any atom is -0.508 e. The third kappa shape index (κ3) is 8.87. The molecule has 84 heavy (non-hydrogen) atoms. The van der Waals surface area contributed by atoms with Crippen LogP contribution in [0, 0.1) is 24.0 Å². The number of terminal acetylenes is 1. The van der Waals surface area contributed by atoms with Crippen LogP contribution in [0.25, 0.3) is 55.2 Å². The maximum absolute atomic E-state index is 17.5. The van der Waals surface area contributed by atoms with Gasteiger partial charge in [-0.15, -0.1) is 6.42 Å². The summed E-state index contributed by atoms with van der Waals surface area (Å²) in [7, 11) is 0. The summed E-state index contributed by atoms with van der Waals surface area (Å²) in [6.45, 7) is 6.63. The summed E-state index contributed by atoms with van der Waals surface area (Å²) in [6, 6.07) is 10.6. The van der Waals surface area contributed by atoms with Crippen LogP contribution in [0.4, 0.5) is 23.8 Å². The molecule has 0 spiro atoms. The lowest BCUT2D eigenvalue weighted by Gasteiger charge is -2.42. The number of fused-ring (bicyclic) bond motifs is 10. The summed E-state index contributed by atoms with van der Waals surface area (Å²) in [4.78, 5) is 79.2. The number of aliphatic hydroxyl groups is 2. The van der Waals surface area contributed by atoms with Gasteiger partial charge in [0.1, 0.15) is 60.3 Å². The number of amides is 3. The van der Waals surface area contributed by atoms with E-state index in [9.17, 15) is 38.9 Å². The lowest BCUT2D eigenvalue weighted by atomic mass is 9.86. The molecule has 4 fully saturated rings. The van der Waals surface area contributed by atoms with Crippen molar-refractivity contribution in [3.05, 3.63) is 117 Å². The molecule has 0 aliphatic carbocycles. The normalized spacial score (nSPS) is 22.2. The zero-order chi connectivity index (χ0) is 58.5. The molecule has 0 radical (unpaired) electrons. The Morgan fingerprint density at radius 2 is 1.80 bits per heavy atom. The molecule has 23 heteroatoms. The van der Waals surface area contributed by atoms with Gasteiger partial charge in [0.05, 0.1) is 64.2 Å². The van der Waals surface area contributed by atoms with Crippen molar-refractivity contribution >= 4 is 56.3 Å². The predicted octanol–water partition coefficient (Wildman–Crippen LogP) is 5.76. The highest BCUT2D eigenvalue weighted by Gasteiger charge is 2.50. The Morgan fingerprint density at radius 1 is 0.988 bits per heavy atom. The summed E-state index contributed by atoms with van der Waals surface area (Å²) in [5.74, 6) is -0.00405. The average molecular weight is 1150 g/mol. The highest BCUT2D eigenvalue weighted by Crippen LogP contribution is 2.45. The molecule has 20 nitrogen and oxygen atoms in total. The number of nitrogens with one attached hydrogen (secondary N) is 2. The quantitative estimate of drug-likeness (QED) is 0.0493. The Kier molecular flexibility index (Phi) is 13.5. The lowest BCUT2D eigenvalue weighted by molar-refractivity contribution is -0.172. The Morgan fingerprint density at radius 3 is 2.57 bits per heavy atom. The number of hydrogen-bond donors (Lipinski definition) is 5. The topological polar surface area (TPSA) is 247 Å². The number of rotatable bonds is 14. The number of aromatic hydroxyl groups is 1. The van der Waals surface area contributed by atoms with E-state index in [0.717, 1.165) is 13.0 Å². The van der Waals surface area contributed by atoms with Crippen LogP contribution in [0.1, 0.15) is 73.3 Å². The molecule has 2 bridgehead atoms. The molecule has 7 aromatic rings. The molecule has 6 aliphatic heterocycles. The van der Waals surface area contributed by atoms with Crippen LogP contribution in [0.5, 0.6) is 17.5 Å². The van der Waals surface area contributed by atoms with Crippen LogP contribution in [0.3, 0.4) is 0 Å². The first-order valence-electron chi connectivity index (χ1n) is 27.9. The largest absolute Gasteiger partial charge is 0.508 e. The molecule has 10 heterocycles. The lowest BCUT2D eigenvalue weighted by Crippen LogP contribution is -2.56. The molecule has 13 rings (SSSR count). The Balaban J connectivity index is 0.776. The molecule has 6 aliphatic rings. The second kappa shape index (κ2) is 20.8. The third-order valence-corrected chi connectivity index (χ3v) is 17.7. The summed E-state index contributed by atoms with van der Waals surface area (Å²) >= 11 is 0. The number of aromatic nitrogens is 5. The maximum atomic E-state index is 17.5. The number of phenolic OH excluding ortho intramolecular Hbond substituents is 1. The molecular formula is C61H57F3N10O10. The first-order chi connectivity index (χ1) is 40.5. The molecule has 432 valence electrons. The van der Waals surface area contributed by atoms with Gasteiger partial charge in [0, 0.05) is 78.4 Å². The fourth-order valence-corrected chi connectivity index (χ4v) is 13.6. The van der Waals surface area contributed by atoms with Crippen molar-refractivity contribution in [1.82, 2.24) is 44.9 Å². The summed E-state index contributed by atoms with van der Waals surface area (Å²) in [5, 5.41) is 38.3. The van der Waals surface area contributed by atoms with Crippen molar-refractivity contribution in [3.63, 3.8) is 0 Å². The average Bonchev–Trinajstić information content (AvgIpc) is 1.73. The van der Waals surface area contributed by atoms with E-state index in [0.29, 0.717) is 69.6 Å². The number of carbonyl (C=O) groups excluding carboxylic acids is 3. The molecule has 4 saturated heterocycles. The number of urea groups is 1. The summed E-state index contributed by atoms with van der Waals surface area (Å²) in [5.41, 5.74) is -0.621. The molecule has 5 atom stereocenters. The number of hydrogen-bond acceptors (Lipinski definition) is 16. The van der Waals surface area contributed by atoms with Crippen LogP contribution in [0.2, 0.25) is 0 Å². The third-order valence-electron chi connectivity index (χ3n) is 17.7. The van der Waals surface area contributed by atoms with Gasteiger partial charge >= 0.3 is 18.0 Å². The van der Waals surface area contributed by atoms with Gasteiger partial charge in [0.2, 0.25) is 0 Å². The number of piperazine rings is 1. The minimum atomic E-state index is -2.04. The van der Waals surface area contributed by atoms with Crippen molar-refractivity contribution < 1.29 is 57.1 Å². The van der Waals surface area contributed by atoms with Gasteiger partial charge in [0.15, 0.2) is 11.4 Å². The number of halogens is 3. The van der Waals surface area contributed by atoms with Crippen molar-refractivity contribution in [2.45, 2.75) is 94.5 Å². The molecule has 3 aromatic carbocycles. The fourth-order valence-electron chi connectivity index (χ4n) is 13.6. The number of anilines is 1. The molecular weight excluding hydrogens is 1090 g/mol. The van der Waals surface area contributed by atoms with E-state index in [1.165, 1.54) is 35.0 Å². The Bertz CT molecular complexity index is 4090. The minimum absolute atomic E-state index is 0.00810. The van der Waals surface area contributed by atoms with Gasteiger partial charge in [-0.05, 0) is 92.1 Å². The van der Waals surface area contributed by atoms with Crippen LogP contribution in [0.15, 0.2) is 71.7 Å². The first-order valence-corrected chi connectivity index (χ1v) is 27.9. The van der Waals surface area contributed by atoms with Crippen molar-refractivity contribution in [2.75, 3.05) is 57.4 Å². The highest BCUT2D eigenvalue weighted by atomic mass is 19.1. The number of phenols is 1. The fraction of sp³-hybridized carbons (Fsp3) is 0.377.